The van der Waals surface area contributed by atoms with Gasteiger partial charge in [0.15, 0.2) is 5.75 Å². The number of nitrogens with two attached hydrogens (primary N) is 2. The monoisotopic (exact) mass is 1450 g/mol. The van der Waals surface area contributed by atoms with Gasteiger partial charge in [-0.25, -0.2) is 4.79 Å². The van der Waals surface area contributed by atoms with E-state index in [9.17, 15) is 39.0 Å². The van der Waals surface area contributed by atoms with Gasteiger partial charge in [-0.15, -0.1) is 47.3 Å². The maximum absolute atomic E-state index is 11.8. The molecule has 0 saturated carbocycles. The second kappa shape index (κ2) is 27.4. The van der Waals surface area contributed by atoms with Gasteiger partial charge in [-0.3, -0.25) is 38.3 Å². The van der Waals surface area contributed by atoms with Gasteiger partial charge in [0.05, 0.1) is 33.2 Å². The van der Waals surface area contributed by atoms with E-state index in [4.69, 9.17) is 22.3 Å². The third-order valence-corrected chi connectivity index (χ3v) is 12.8. The minimum atomic E-state index is -0.656. The van der Waals surface area contributed by atoms with Crippen molar-refractivity contribution < 1.29 is 45.0 Å². The topological polar surface area (TPSA) is 237 Å². The van der Waals surface area contributed by atoms with Crippen LogP contribution in [0.1, 0.15) is 32.2 Å². The summed E-state index contributed by atoms with van der Waals surface area (Å²) in [6, 6.07) is 9.65. The van der Waals surface area contributed by atoms with Crippen LogP contribution in [0.3, 0.4) is 0 Å². The molecule has 65 heavy (non-hydrogen) atoms. The highest BCUT2D eigenvalue weighted by atomic mass is 127. The summed E-state index contributed by atoms with van der Waals surface area (Å²) in [6.07, 6.45) is 4.16. The predicted octanol–water partition coefficient (Wildman–Crippen LogP) is 10.5. The summed E-state index contributed by atoms with van der Waals surface area (Å²) in [4.78, 5) is 76.0. The fourth-order valence-electron chi connectivity index (χ4n) is 4.70. The molecule has 0 atom stereocenters. The van der Waals surface area contributed by atoms with Crippen molar-refractivity contribution in [1.82, 2.24) is 14.4 Å². The van der Waals surface area contributed by atoms with Gasteiger partial charge in [-0.2, -0.15) is 4.99 Å². The number of fused-ring (bicyclic) bond motifs is 1. The Labute approximate surface area is 451 Å². The molecule has 2 saturated heterocycles. The summed E-state index contributed by atoms with van der Waals surface area (Å²) in [5, 5.41) is 19.9. The number of imide groups is 2. The maximum atomic E-state index is 11.8. The lowest BCUT2D eigenvalue weighted by Gasteiger charge is -2.08. The minimum Gasteiger partial charge on any atom is -0.506 e. The minimum absolute atomic E-state index is 0. The highest BCUT2D eigenvalue weighted by Gasteiger charge is 2.33. The molecule has 6 N–H and O–H groups in total. The van der Waals surface area contributed by atoms with Crippen LogP contribution in [-0.2, 0) is 16.6 Å². The number of aromatic hydroxyl groups is 2. The van der Waals surface area contributed by atoms with Crippen LogP contribution in [0.15, 0.2) is 69.4 Å². The van der Waals surface area contributed by atoms with Crippen molar-refractivity contribution >= 4 is 214 Å². The maximum Gasteiger partial charge on any atom is 0.439 e. The molecule has 2 fully saturated rings. The molecule has 4 heterocycles. The number of carbonyl (C=O) groups excluding carboxylic acids is 5. The molecule has 16 nitrogen and oxygen atoms in total. The molecule has 0 aliphatic carbocycles. The Hall–Kier alpha value is -2.64. The summed E-state index contributed by atoms with van der Waals surface area (Å²) in [6.45, 7) is 0. The van der Waals surface area contributed by atoms with Crippen molar-refractivity contribution in [3.8, 4) is 23.1 Å². The second-order valence-corrected chi connectivity index (χ2v) is 23.8. The number of amides is 5. The number of phenols is 1. The molecule has 3 aliphatic heterocycles. The highest BCUT2D eigenvalue weighted by molar-refractivity contribution is 14.1. The molecule has 3 aromatic carbocycles. The molecule has 7 rings (SSSR count). The van der Waals surface area contributed by atoms with Crippen LogP contribution in [0.4, 0.5) is 25.8 Å². The van der Waals surface area contributed by atoms with Crippen molar-refractivity contribution in [2.75, 3.05) is 37.6 Å². The van der Waals surface area contributed by atoms with Crippen LogP contribution in [0.2, 0.25) is 0 Å². The van der Waals surface area contributed by atoms with E-state index in [0.29, 0.717) is 61.9 Å². The van der Waals surface area contributed by atoms with E-state index in [2.05, 4.69) is 100 Å². The van der Waals surface area contributed by atoms with Crippen molar-refractivity contribution in [1.29, 1.82) is 0 Å². The zero-order valence-electron chi connectivity index (χ0n) is 33.5. The number of nitrogen functional groups attached to an aromatic ring is 2. The number of anilines is 2. The molecule has 0 bridgehead atoms. The van der Waals surface area contributed by atoms with Gasteiger partial charge in [-0.1, -0.05) is 96.6 Å². The van der Waals surface area contributed by atoms with E-state index in [1.807, 2.05) is 22.6 Å². The average molecular weight is 1450 g/mol. The summed E-state index contributed by atoms with van der Waals surface area (Å²) in [7, 11) is 5.89. The first-order chi connectivity index (χ1) is 29.9. The Bertz CT molecular complexity index is 2770. The number of nitrogens with zero attached hydrogens (tertiary/aromatic N) is 4. The summed E-state index contributed by atoms with van der Waals surface area (Å²) >= 11 is 24.0. The van der Waals surface area contributed by atoms with Crippen LogP contribution in [0.5, 0.6) is 23.1 Å². The highest BCUT2D eigenvalue weighted by Crippen LogP contribution is 2.37. The largest absolute Gasteiger partial charge is 0.506 e. The van der Waals surface area contributed by atoms with Crippen LogP contribution in [0.25, 0.3) is 18.2 Å². The van der Waals surface area contributed by atoms with E-state index < -0.39 is 6.09 Å². The van der Waals surface area contributed by atoms with Gasteiger partial charge >= 0.3 is 14.2 Å². The van der Waals surface area contributed by atoms with E-state index in [-0.39, 0.29) is 62.5 Å². The first-order valence-electron chi connectivity index (χ1n) is 17.3. The number of aromatic nitrogens is 1. The summed E-state index contributed by atoms with van der Waals surface area (Å²) in [5.41, 5.74) is 13.3. The van der Waals surface area contributed by atoms with E-state index >= 15 is 0 Å². The van der Waals surface area contributed by atoms with Crippen LogP contribution in [0, 0.1) is 0 Å². The Balaban J connectivity index is 0.000000455. The average Bonchev–Trinajstić information content (AvgIpc) is 3.86. The molecule has 0 unspecified atom stereocenters. The lowest BCUT2D eigenvalue weighted by Crippen LogP contribution is -2.22. The van der Waals surface area contributed by atoms with Crippen molar-refractivity contribution in [2.24, 2.45) is 12.0 Å². The molecule has 0 spiro atoms. The Morgan fingerprint density at radius 1 is 0.800 bits per heavy atom. The van der Waals surface area contributed by atoms with E-state index in [0.717, 1.165) is 59.3 Å². The van der Waals surface area contributed by atoms with Gasteiger partial charge in [0.1, 0.15) is 16.9 Å². The molecular weight excluding hydrogens is 1410 g/mol. The molecule has 350 valence electrons. The molecule has 3 aliphatic rings. The van der Waals surface area contributed by atoms with Crippen molar-refractivity contribution in [2.45, 2.75) is 14.9 Å². The number of rotatable bonds is 4. The number of likely N-dealkylation sites (N-methyl/N-ethyl adjacent to an activating group) is 2. The fourth-order valence-corrected chi connectivity index (χ4v) is 8.56. The summed E-state index contributed by atoms with van der Waals surface area (Å²) < 4.78 is 19.7. The predicted molar refractivity (Wildman–Crippen MR) is 294 cm³/mol. The number of ether oxygens (including phenoxy) is 2. The molecule has 1 aromatic heterocycles. The standard InChI is InChI=1S/C12H7BrN2O4S.C12H11BrN2O3S.C11H9BrN2O3S.CH3I.2CH4.BBr3/c1-15-10(16)9(20-12(15)18)3-5-2-8-7(4-6(5)13)14-11(17)19-8;1-15-11(16)10(19-12(15)17)4-6-3-9(18-2)8(14)5-7(6)13;1-14-10(16)9(18-11(14)17)3-5-2-8(15)7(13)4-6(5)12;1-2;;;2-1(3)4/h2-4,16H,1H3;3-5H,14H2,1-2H3;2-4,15H,13H2,1H3;1H3;2*1H4;/b;10-4-;9-3-;;;;/i;;;1D;;;. The van der Waals surface area contributed by atoms with Crippen LogP contribution < -0.4 is 36.4 Å². The van der Waals surface area contributed by atoms with Gasteiger partial charge in [-0.05, 0) is 99.4 Å². The van der Waals surface area contributed by atoms with Crippen molar-refractivity contribution in [3.05, 3.63) is 95.9 Å². The first kappa shape index (κ1) is 58.5. The smallest absolute Gasteiger partial charge is 0.439 e. The number of thiazole rings is 1. The van der Waals surface area contributed by atoms with E-state index in [1.54, 1.807) is 36.4 Å². The Morgan fingerprint density at radius 2 is 1.28 bits per heavy atom. The fraction of sp³-hybridized carbons (Fsp3) is 0.184. The van der Waals surface area contributed by atoms with Crippen LogP contribution in [-0.4, -0.2) is 82.3 Å². The third kappa shape index (κ3) is 16.2. The zero-order chi connectivity index (χ0) is 48.3. The lowest BCUT2D eigenvalue weighted by molar-refractivity contribution is -0.122. The van der Waals surface area contributed by atoms with Gasteiger partial charge in [0.2, 0.25) is 5.88 Å². The normalized spacial score (nSPS) is 15.1. The van der Waals surface area contributed by atoms with E-state index in [1.165, 1.54) is 46.5 Å². The molecule has 27 heteroatoms. The number of thioether (sulfide) groups is 2. The number of hydrogen-bond donors (Lipinski definition) is 4. The number of carbonyl (C=O) groups is 5. The molecular formula is C38H38BBr6IN6O10S3. The molecule has 4 aromatic rings. The van der Waals surface area contributed by atoms with Crippen LogP contribution >= 0.6 is 153 Å². The van der Waals surface area contributed by atoms with Gasteiger partial charge < -0.3 is 31.2 Å². The number of hydrogen-bond acceptors (Lipinski definition) is 15. The number of phenolic OH excluding ortho intramolecular Hbond substituents is 1. The number of alkyl halides is 1. The van der Waals surface area contributed by atoms with Gasteiger partial charge in [0.25, 0.3) is 22.3 Å². The third-order valence-electron chi connectivity index (χ3n) is 7.82. The number of benzene rings is 3. The number of methoxy groups -OCH3 is 1. The second-order valence-electron chi connectivity index (χ2n) is 11.9. The van der Waals surface area contributed by atoms with Gasteiger partial charge in [0, 0.05) is 35.9 Å². The summed E-state index contributed by atoms with van der Waals surface area (Å²) in [5.74, 6) is 0.0394. The lowest BCUT2D eigenvalue weighted by atomic mass is 10.1. The SMILES string of the molecule is BrB(Br)Br.C.C.CN1C(=O)S/C(=C\c2cc(O)c(N)cc2Br)C1=O.COc1cc(/C=C2\SC(=O)N(C)C2=O)c(Br)cc1N.Cn1c(O)c(C=c2cc3c(cc2Br)=NC(=O)O3)sc1=O.[2H]CI. The molecule has 0 radical (unpaired) electrons. The Morgan fingerprint density at radius 3 is 1.71 bits per heavy atom. The quantitative estimate of drug-likeness (QED) is 0.0372. The molecule has 5 amide bonds. The number of halogens is 7. The zero-order valence-corrected chi connectivity index (χ0v) is 46.6. The van der Waals surface area contributed by atoms with Crippen molar-refractivity contribution in [3.63, 3.8) is 0 Å². The first-order valence-corrected chi connectivity index (χ1v) is 25.7. The Kier molecular flexibility index (Phi) is 24.6.